The van der Waals surface area contributed by atoms with Gasteiger partial charge in [0, 0.05) is 23.1 Å². The number of nitrogens with one attached hydrogen (secondary N) is 1. The molecule has 0 saturated carbocycles. The lowest BCUT2D eigenvalue weighted by Crippen LogP contribution is -2.30. The van der Waals surface area contributed by atoms with E-state index in [1.165, 1.54) is 4.88 Å². The Labute approximate surface area is 176 Å². The molecule has 154 valence electrons. The van der Waals surface area contributed by atoms with Crippen LogP contribution >= 0.6 is 11.3 Å². The van der Waals surface area contributed by atoms with Crippen LogP contribution in [-0.4, -0.2) is 38.6 Å². The van der Waals surface area contributed by atoms with Crippen molar-refractivity contribution in [2.75, 3.05) is 33.1 Å². The molecule has 1 aromatic heterocycles. The maximum absolute atomic E-state index is 12.6. The Hall–Kier alpha value is -2.56. The van der Waals surface area contributed by atoms with E-state index in [1.807, 2.05) is 30.1 Å². The van der Waals surface area contributed by atoms with E-state index in [-0.39, 0.29) is 12.5 Å². The van der Waals surface area contributed by atoms with E-state index in [0.717, 1.165) is 41.9 Å². The minimum atomic E-state index is -0.122. The average molecular weight is 414 g/mol. The van der Waals surface area contributed by atoms with Crippen molar-refractivity contribution in [1.29, 1.82) is 5.26 Å². The van der Waals surface area contributed by atoms with Gasteiger partial charge in [-0.1, -0.05) is 13.0 Å². The van der Waals surface area contributed by atoms with E-state index < -0.39 is 0 Å². The number of fused-ring (bicyclic) bond motifs is 1. The molecule has 6 nitrogen and oxygen atoms in total. The maximum atomic E-state index is 12.6. The zero-order chi connectivity index (χ0) is 21.0. The monoisotopic (exact) mass is 413 g/mol. The van der Waals surface area contributed by atoms with Gasteiger partial charge in [-0.15, -0.1) is 11.3 Å². The Morgan fingerprint density at radius 3 is 2.86 bits per heavy atom. The van der Waals surface area contributed by atoms with Crippen molar-refractivity contribution < 1.29 is 14.3 Å². The van der Waals surface area contributed by atoms with Crippen LogP contribution in [0.3, 0.4) is 0 Å². The van der Waals surface area contributed by atoms with Crippen molar-refractivity contribution in [3.8, 4) is 17.6 Å². The fraction of sp³-hybridized carbons (Fsp3) is 0.455. The molecule has 3 rings (SSSR count). The number of methoxy groups -OCH3 is 2. The van der Waals surface area contributed by atoms with Crippen molar-refractivity contribution in [3.05, 3.63) is 39.8 Å². The molecule has 1 aliphatic rings. The lowest BCUT2D eigenvalue weighted by molar-refractivity contribution is -0.117. The molecule has 1 heterocycles. The molecule has 1 atom stereocenters. The van der Waals surface area contributed by atoms with Gasteiger partial charge in [-0.25, -0.2) is 0 Å². The Bertz CT molecular complexity index is 932. The van der Waals surface area contributed by atoms with Gasteiger partial charge in [0.25, 0.3) is 0 Å². The average Bonchev–Trinajstić information content (AvgIpc) is 3.03. The van der Waals surface area contributed by atoms with Crippen LogP contribution in [-0.2, 0) is 24.2 Å². The molecule has 2 aromatic rings. The fourth-order valence-electron chi connectivity index (χ4n) is 3.70. The number of likely N-dealkylation sites (N-methyl/N-ethyl adjacent to an activating group) is 1. The van der Waals surface area contributed by atoms with Crippen LogP contribution in [0.1, 0.15) is 34.9 Å². The second kappa shape index (κ2) is 9.29. The number of nitrogens with zero attached hydrogens (tertiary/aromatic N) is 2. The third-order valence-electron chi connectivity index (χ3n) is 5.22. The van der Waals surface area contributed by atoms with Crippen molar-refractivity contribution in [2.24, 2.45) is 5.92 Å². The summed E-state index contributed by atoms with van der Waals surface area (Å²) in [6.45, 7) is 3.01. The Morgan fingerprint density at radius 2 is 2.17 bits per heavy atom. The first-order valence-corrected chi connectivity index (χ1v) is 10.5. The van der Waals surface area contributed by atoms with Crippen molar-refractivity contribution in [3.63, 3.8) is 0 Å². The van der Waals surface area contributed by atoms with Gasteiger partial charge in [0.1, 0.15) is 22.6 Å². The highest BCUT2D eigenvalue weighted by molar-refractivity contribution is 7.16. The molecule has 1 aliphatic carbocycles. The van der Waals surface area contributed by atoms with E-state index in [0.29, 0.717) is 23.0 Å². The summed E-state index contributed by atoms with van der Waals surface area (Å²) in [5.74, 6) is 1.96. The number of rotatable bonds is 7. The normalized spacial score (nSPS) is 15.5. The van der Waals surface area contributed by atoms with Crippen LogP contribution in [0.25, 0.3) is 0 Å². The molecule has 1 aromatic carbocycles. The molecular weight excluding hydrogens is 386 g/mol. The van der Waals surface area contributed by atoms with Crippen molar-refractivity contribution in [1.82, 2.24) is 4.90 Å². The van der Waals surface area contributed by atoms with Gasteiger partial charge in [0.2, 0.25) is 5.91 Å². The van der Waals surface area contributed by atoms with Gasteiger partial charge in [-0.2, -0.15) is 5.26 Å². The minimum Gasteiger partial charge on any atom is -0.497 e. The van der Waals surface area contributed by atoms with Gasteiger partial charge >= 0.3 is 0 Å². The van der Waals surface area contributed by atoms with Crippen LogP contribution in [0.4, 0.5) is 5.00 Å². The number of amides is 1. The molecule has 0 aliphatic heterocycles. The molecule has 0 radical (unpaired) electrons. The first-order chi connectivity index (χ1) is 13.9. The first-order valence-electron chi connectivity index (χ1n) is 9.69. The van der Waals surface area contributed by atoms with Gasteiger partial charge in [0.05, 0.1) is 26.3 Å². The number of thiophene rings is 1. The topological polar surface area (TPSA) is 74.6 Å². The van der Waals surface area contributed by atoms with Crippen LogP contribution in [0.5, 0.6) is 11.5 Å². The fourth-order valence-corrected chi connectivity index (χ4v) is 5.07. The minimum absolute atomic E-state index is 0.122. The largest absolute Gasteiger partial charge is 0.497 e. The predicted molar refractivity (Wildman–Crippen MR) is 115 cm³/mol. The number of anilines is 1. The summed E-state index contributed by atoms with van der Waals surface area (Å²) in [7, 11) is 5.12. The standard InChI is InChI=1S/C22H27N3O3S/c1-14-5-8-17-18(11-23)22(29-20(17)9-14)24-21(26)13-25(2)12-15-6-7-16(27-3)10-19(15)28-4/h6-7,10,14H,5,8-9,12-13H2,1-4H3,(H,24,26)/t14-/m0/s1. The zero-order valence-corrected chi connectivity index (χ0v) is 18.2. The summed E-state index contributed by atoms with van der Waals surface area (Å²) in [5.41, 5.74) is 2.74. The molecule has 0 unspecified atom stereocenters. The lowest BCUT2D eigenvalue weighted by Gasteiger charge is -2.18. The molecule has 0 saturated heterocycles. The third-order valence-corrected chi connectivity index (χ3v) is 6.39. The third kappa shape index (κ3) is 4.89. The maximum Gasteiger partial charge on any atom is 0.239 e. The Morgan fingerprint density at radius 1 is 1.38 bits per heavy atom. The van der Waals surface area contributed by atoms with E-state index in [2.05, 4.69) is 18.3 Å². The van der Waals surface area contributed by atoms with Crippen molar-refractivity contribution >= 4 is 22.2 Å². The highest BCUT2D eigenvalue weighted by Crippen LogP contribution is 2.39. The molecule has 1 N–H and O–H groups in total. The van der Waals surface area contributed by atoms with E-state index >= 15 is 0 Å². The number of ether oxygens (including phenoxy) is 2. The second-order valence-electron chi connectivity index (χ2n) is 7.57. The van der Waals surface area contributed by atoms with Gasteiger partial charge < -0.3 is 14.8 Å². The number of carbonyl (C=O) groups is 1. The summed E-state index contributed by atoms with van der Waals surface area (Å²) in [5, 5.41) is 13.2. The van der Waals surface area contributed by atoms with Crippen LogP contribution < -0.4 is 14.8 Å². The van der Waals surface area contributed by atoms with Crippen LogP contribution in [0.2, 0.25) is 0 Å². The summed E-state index contributed by atoms with van der Waals surface area (Å²) in [4.78, 5) is 15.8. The molecular formula is C22H27N3O3S. The molecule has 0 bridgehead atoms. The number of hydrogen-bond donors (Lipinski definition) is 1. The Kier molecular flexibility index (Phi) is 6.78. The first kappa shape index (κ1) is 21.2. The zero-order valence-electron chi connectivity index (χ0n) is 17.4. The van der Waals surface area contributed by atoms with Gasteiger partial charge in [-0.05, 0) is 43.9 Å². The Balaban J connectivity index is 1.65. The molecule has 0 fully saturated rings. The molecule has 0 spiro atoms. The summed E-state index contributed by atoms with van der Waals surface area (Å²) < 4.78 is 10.7. The molecule has 29 heavy (non-hydrogen) atoms. The molecule has 7 heteroatoms. The lowest BCUT2D eigenvalue weighted by atomic mass is 9.89. The number of benzene rings is 1. The van der Waals surface area contributed by atoms with Crippen molar-refractivity contribution in [2.45, 2.75) is 32.7 Å². The highest BCUT2D eigenvalue weighted by atomic mass is 32.1. The summed E-state index contributed by atoms with van der Waals surface area (Å²) in [6, 6.07) is 7.95. The SMILES string of the molecule is COc1ccc(CN(C)CC(=O)Nc2sc3c(c2C#N)CC[C@H](C)C3)c(OC)c1. The quantitative estimate of drug-likeness (QED) is 0.747. The summed E-state index contributed by atoms with van der Waals surface area (Å²) in [6.07, 6.45) is 3.00. The number of carbonyl (C=O) groups excluding carboxylic acids is 1. The highest BCUT2D eigenvalue weighted by Gasteiger charge is 2.24. The molecule has 1 amide bonds. The number of hydrogen-bond acceptors (Lipinski definition) is 6. The predicted octanol–water partition coefficient (Wildman–Crippen LogP) is 3.83. The van der Waals surface area contributed by atoms with Crippen LogP contribution in [0.15, 0.2) is 18.2 Å². The van der Waals surface area contributed by atoms with E-state index in [1.54, 1.807) is 25.6 Å². The summed E-state index contributed by atoms with van der Waals surface area (Å²) >= 11 is 1.55. The van der Waals surface area contributed by atoms with E-state index in [9.17, 15) is 10.1 Å². The smallest absolute Gasteiger partial charge is 0.239 e. The van der Waals surface area contributed by atoms with Gasteiger partial charge in [0.15, 0.2) is 0 Å². The van der Waals surface area contributed by atoms with Gasteiger partial charge in [-0.3, -0.25) is 9.69 Å². The van der Waals surface area contributed by atoms with Crippen LogP contribution in [0, 0.1) is 17.2 Å². The second-order valence-corrected chi connectivity index (χ2v) is 8.67. The van der Waals surface area contributed by atoms with E-state index in [4.69, 9.17) is 9.47 Å². The number of nitriles is 1.